The first kappa shape index (κ1) is 14.1. The standard InChI is InChI=1S/C9H8ClF3N4O/c10-6-3-5(4-16-17-8(14)15)1-2-7(6)18-9(11,12)13/h1-4H,(H4,14,15,17). The summed E-state index contributed by atoms with van der Waals surface area (Å²) in [6.45, 7) is 0. The van der Waals surface area contributed by atoms with Crippen molar-refractivity contribution < 1.29 is 17.9 Å². The topological polar surface area (TPSA) is 86.0 Å². The van der Waals surface area contributed by atoms with Crippen LogP contribution in [0.2, 0.25) is 5.02 Å². The molecule has 0 saturated carbocycles. The highest BCUT2D eigenvalue weighted by molar-refractivity contribution is 6.32. The molecule has 1 aromatic rings. The second kappa shape index (κ2) is 5.58. The van der Waals surface area contributed by atoms with Gasteiger partial charge in [-0.2, -0.15) is 5.10 Å². The first-order valence-corrected chi connectivity index (χ1v) is 4.83. The number of ether oxygens (including phenoxy) is 1. The van der Waals surface area contributed by atoms with Crippen molar-refractivity contribution in [3.8, 4) is 5.75 Å². The number of nitrogens with zero attached hydrogens (tertiary/aromatic N) is 2. The van der Waals surface area contributed by atoms with E-state index in [2.05, 4.69) is 14.9 Å². The van der Waals surface area contributed by atoms with Crippen molar-refractivity contribution in [3.63, 3.8) is 0 Å². The number of alkyl halides is 3. The summed E-state index contributed by atoms with van der Waals surface area (Å²) in [6, 6.07) is 3.61. The van der Waals surface area contributed by atoms with Gasteiger partial charge in [-0.25, -0.2) is 0 Å². The van der Waals surface area contributed by atoms with E-state index < -0.39 is 12.1 Å². The molecule has 98 valence electrons. The van der Waals surface area contributed by atoms with Crippen LogP contribution in [0.25, 0.3) is 0 Å². The third kappa shape index (κ3) is 4.91. The number of halogens is 4. The van der Waals surface area contributed by atoms with Gasteiger partial charge < -0.3 is 16.2 Å². The van der Waals surface area contributed by atoms with Gasteiger partial charge in [0.2, 0.25) is 5.96 Å². The number of rotatable bonds is 3. The summed E-state index contributed by atoms with van der Waals surface area (Å²) in [5.41, 5.74) is 10.5. The molecule has 9 heteroatoms. The zero-order valence-corrected chi connectivity index (χ0v) is 9.53. The summed E-state index contributed by atoms with van der Waals surface area (Å²) < 4.78 is 39.6. The van der Waals surface area contributed by atoms with Crippen molar-refractivity contribution >= 4 is 23.8 Å². The molecule has 0 aliphatic heterocycles. The molecule has 5 nitrogen and oxygen atoms in total. The van der Waals surface area contributed by atoms with Crippen molar-refractivity contribution in [3.05, 3.63) is 28.8 Å². The number of nitrogens with two attached hydrogens (primary N) is 2. The molecule has 1 rings (SSSR count). The Balaban J connectivity index is 2.86. The van der Waals surface area contributed by atoms with Crippen LogP contribution in [-0.4, -0.2) is 18.5 Å². The molecule has 0 aromatic heterocycles. The van der Waals surface area contributed by atoms with Gasteiger partial charge in [0, 0.05) is 0 Å². The molecule has 1 aromatic carbocycles. The van der Waals surface area contributed by atoms with E-state index in [1.54, 1.807) is 0 Å². The van der Waals surface area contributed by atoms with Gasteiger partial charge in [-0.05, 0) is 23.8 Å². The first-order chi connectivity index (χ1) is 8.28. The number of hydrogen-bond acceptors (Lipinski definition) is 3. The maximum absolute atomic E-state index is 12.0. The average molecular weight is 281 g/mol. The Morgan fingerprint density at radius 3 is 2.50 bits per heavy atom. The Labute approximate surface area is 105 Å². The van der Waals surface area contributed by atoms with Crippen molar-refractivity contribution in [2.45, 2.75) is 6.36 Å². The first-order valence-electron chi connectivity index (χ1n) is 4.45. The van der Waals surface area contributed by atoms with Gasteiger partial charge in [0.05, 0.1) is 11.2 Å². The fourth-order valence-electron chi connectivity index (χ4n) is 0.967. The molecular formula is C9H8ClF3N4O. The Kier molecular flexibility index (Phi) is 4.38. The quantitative estimate of drug-likeness (QED) is 0.503. The van der Waals surface area contributed by atoms with E-state index in [0.29, 0.717) is 5.56 Å². The fraction of sp³-hybridized carbons (Fsp3) is 0.111. The van der Waals surface area contributed by atoms with Gasteiger partial charge in [0.25, 0.3) is 0 Å². The van der Waals surface area contributed by atoms with Gasteiger partial charge >= 0.3 is 6.36 Å². The minimum atomic E-state index is -4.79. The zero-order chi connectivity index (χ0) is 13.8. The summed E-state index contributed by atoms with van der Waals surface area (Å²) in [5.74, 6) is -0.738. The minimum absolute atomic E-state index is 0.207. The summed E-state index contributed by atoms with van der Waals surface area (Å²) in [4.78, 5) is 0. The molecule has 0 spiro atoms. The third-order valence-corrected chi connectivity index (χ3v) is 1.86. The number of guanidine groups is 1. The highest BCUT2D eigenvalue weighted by atomic mass is 35.5. The monoisotopic (exact) mass is 280 g/mol. The molecule has 0 unspecified atom stereocenters. The van der Waals surface area contributed by atoms with Crippen LogP contribution in [0.5, 0.6) is 5.75 Å². The van der Waals surface area contributed by atoms with E-state index >= 15 is 0 Å². The summed E-state index contributed by atoms with van der Waals surface area (Å²) >= 11 is 5.61. The summed E-state index contributed by atoms with van der Waals surface area (Å²) in [5, 5.41) is 6.59. The molecule has 0 aliphatic rings. The van der Waals surface area contributed by atoms with Crippen LogP contribution < -0.4 is 16.2 Å². The lowest BCUT2D eigenvalue weighted by Gasteiger charge is -2.10. The summed E-state index contributed by atoms with van der Waals surface area (Å²) in [6.07, 6.45) is -3.57. The molecule has 0 bridgehead atoms. The molecule has 0 saturated heterocycles. The minimum Gasteiger partial charge on any atom is -0.404 e. The van der Waals surface area contributed by atoms with E-state index in [4.69, 9.17) is 23.1 Å². The van der Waals surface area contributed by atoms with Crippen LogP contribution in [0.15, 0.2) is 28.4 Å². The molecule has 0 amide bonds. The van der Waals surface area contributed by atoms with Crippen molar-refractivity contribution in [1.29, 1.82) is 0 Å². The van der Waals surface area contributed by atoms with E-state index in [1.807, 2.05) is 0 Å². The highest BCUT2D eigenvalue weighted by Gasteiger charge is 2.31. The maximum atomic E-state index is 12.0. The Bertz CT molecular complexity index is 483. The Morgan fingerprint density at radius 1 is 1.33 bits per heavy atom. The lowest BCUT2D eigenvalue weighted by Crippen LogP contribution is -2.21. The van der Waals surface area contributed by atoms with E-state index in [9.17, 15) is 13.2 Å². The van der Waals surface area contributed by atoms with Crippen LogP contribution >= 0.6 is 11.6 Å². The Morgan fingerprint density at radius 2 is 2.00 bits per heavy atom. The highest BCUT2D eigenvalue weighted by Crippen LogP contribution is 2.30. The van der Waals surface area contributed by atoms with E-state index in [1.165, 1.54) is 18.3 Å². The molecule has 18 heavy (non-hydrogen) atoms. The molecule has 0 heterocycles. The van der Waals surface area contributed by atoms with E-state index in [0.717, 1.165) is 6.07 Å². The van der Waals surface area contributed by atoms with Crippen molar-refractivity contribution in [1.82, 2.24) is 0 Å². The van der Waals surface area contributed by atoms with Crippen LogP contribution in [0.3, 0.4) is 0 Å². The van der Waals surface area contributed by atoms with Crippen molar-refractivity contribution in [2.75, 3.05) is 0 Å². The SMILES string of the molecule is NC(N)=NN=Cc1ccc(OC(F)(F)F)c(Cl)c1. The van der Waals surface area contributed by atoms with Crippen molar-refractivity contribution in [2.24, 2.45) is 21.7 Å². The lowest BCUT2D eigenvalue weighted by molar-refractivity contribution is -0.274. The number of hydrogen-bond donors (Lipinski definition) is 2. The third-order valence-electron chi connectivity index (χ3n) is 1.56. The molecule has 4 N–H and O–H groups in total. The second-order valence-corrected chi connectivity index (χ2v) is 3.41. The van der Waals surface area contributed by atoms with Crippen LogP contribution in [0.4, 0.5) is 13.2 Å². The molecule has 0 radical (unpaired) electrons. The summed E-state index contributed by atoms with van der Waals surface area (Å²) in [7, 11) is 0. The predicted octanol–water partition coefficient (Wildman–Crippen LogP) is 1.85. The van der Waals surface area contributed by atoms with Crippen LogP contribution in [0.1, 0.15) is 5.56 Å². The Hall–Kier alpha value is -1.96. The lowest BCUT2D eigenvalue weighted by atomic mass is 10.2. The van der Waals surface area contributed by atoms with Gasteiger partial charge in [0.1, 0.15) is 5.75 Å². The average Bonchev–Trinajstić information content (AvgIpc) is 2.19. The zero-order valence-electron chi connectivity index (χ0n) is 8.78. The second-order valence-electron chi connectivity index (χ2n) is 3.01. The molecular weight excluding hydrogens is 273 g/mol. The number of benzene rings is 1. The largest absolute Gasteiger partial charge is 0.573 e. The normalized spacial score (nSPS) is 11.6. The van der Waals surface area contributed by atoms with E-state index in [-0.39, 0.29) is 11.0 Å². The molecule has 0 fully saturated rings. The predicted molar refractivity (Wildman–Crippen MR) is 61.5 cm³/mol. The smallest absolute Gasteiger partial charge is 0.404 e. The maximum Gasteiger partial charge on any atom is 0.573 e. The van der Waals surface area contributed by atoms with Gasteiger partial charge in [-0.15, -0.1) is 18.3 Å². The van der Waals surface area contributed by atoms with Gasteiger partial charge in [-0.1, -0.05) is 11.6 Å². The molecule has 0 aliphatic carbocycles. The molecule has 0 atom stereocenters. The fourth-order valence-corrected chi connectivity index (χ4v) is 1.19. The van der Waals surface area contributed by atoms with Gasteiger partial charge in [0.15, 0.2) is 0 Å². The van der Waals surface area contributed by atoms with Gasteiger partial charge in [-0.3, -0.25) is 0 Å². The van der Waals surface area contributed by atoms with Crippen LogP contribution in [-0.2, 0) is 0 Å². The van der Waals surface area contributed by atoms with Crippen LogP contribution in [0, 0.1) is 0 Å².